The number of carbonyl (C=O) groups is 2. The number of nitrogens with zero attached hydrogens (tertiary/aromatic N) is 1. The first-order chi connectivity index (χ1) is 17.4. The zero-order chi connectivity index (χ0) is 25.9. The number of anilines is 1. The van der Waals surface area contributed by atoms with Gasteiger partial charge in [-0.2, -0.15) is 0 Å². The minimum absolute atomic E-state index is 0.128. The van der Waals surface area contributed by atoms with E-state index in [9.17, 15) is 14.4 Å². The summed E-state index contributed by atoms with van der Waals surface area (Å²) >= 11 is 7.52. The van der Waals surface area contributed by atoms with E-state index in [2.05, 4.69) is 15.4 Å². The molecule has 0 aliphatic carbocycles. The molecular formula is C26H29ClN4O4S. The number of likely N-dealkylation sites (N-methyl/N-ethyl adjacent to an activating group) is 1. The molecule has 0 spiro atoms. The third kappa shape index (κ3) is 8.07. The quantitative estimate of drug-likeness (QED) is 0.308. The number of aryl methyl sites for hydroxylation is 1. The predicted molar refractivity (Wildman–Crippen MR) is 144 cm³/mol. The predicted octanol–water partition coefficient (Wildman–Crippen LogP) is 3.90. The molecule has 2 amide bonds. The standard InChI is InChI=1S/C26H29ClN4O4S/c1-3-28-25(33)16-35-23-12-10-21(27)13-20(23)14-29-24(32)15-31-18(2)9-11-22(26(31)34)30-36-17-19-7-5-4-6-8-19/h4-13,30H,3,14-17H2,1-2H3,(H,28,33)(H,29,32). The van der Waals surface area contributed by atoms with Crippen molar-refractivity contribution < 1.29 is 14.3 Å². The van der Waals surface area contributed by atoms with Crippen LogP contribution in [0.2, 0.25) is 5.02 Å². The van der Waals surface area contributed by atoms with Gasteiger partial charge in [-0.1, -0.05) is 41.9 Å². The second-order valence-electron chi connectivity index (χ2n) is 7.93. The lowest BCUT2D eigenvalue weighted by atomic mass is 10.2. The Morgan fingerprint density at radius 2 is 1.81 bits per heavy atom. The van der Waals surface area contributed by atoms with E-state index in [-0.39, 0.29) is 37.1 Å². The number of hydrogen-bond acceptors (Lipinski definition) is 6. The number of benzene rings is 2. The third-order valence-corrected chi connectivity index (χ3v) is 6.27. The number of aromatic nitrogens is 1. The number of nitrogens with one attached hydrogen (secondary N) is 3. The van der Waals surface area contributed by atoms with Crippen LogP contribution in [0.5, 0.6) is 5.75 Å². The van der Waals surface area contributed by atoms with Crippen molar-refractivity contribution in [1.29, 1.82) is 0 Å². The van der Waals surface area contributed by atoms with Crippen molar-refractivity contribution in [2.75, 3.05) is 17.9 Å². The summed E-state index contributed by atoms with van der Waals surface area (Å²) in [5.41, 5.74) is 2.56. The lowest BCUT2D eigenvalue weighted by Crippen LogP contribution is -2.33. The van der Waals surface area contributed by atoms with Gasteiger partial charge < -0.3 is 24.7 Å². The molecule has 0 aliphatic heterocycles. The highest BCUT2D eigenvalue weighted by Gasteiger charge is 2.13. The van der Waals surface area contributed by atoms with Crippen LogP contribution < -0.4 is 25.7 Å². The fourth-order valence-electron chi connectivity index (χ4n) is 3.33. The number of hydrogen-bond donors (Lipinski definition) is 3. The maximum absolute atomic E-state index is 13.0. The molecule has 1 heterocycles. The molecule has 0 bridgehead atoms. The monoisotopic (exact) mass is 528 g/mol. The van der Waals surface area contributed by atoms with E-state index in [0.717, 1.165) is 5.56 Å². The fourth-order valence-corrected chi connectivity index (χ4v) is 4.26. The van der Waals surface area contributed by atoms with Crippen molar-refractivity contribution in [1.82, 2.24) is 15.2 Å². The molecule has 3 rings (SSSR count). The lowest BCUT2D eigenvalue weighted by Gasteiger charge is -2.15. The Labute approximate surface area is 219 Å². The Bertz CT molecular complexity index is 1250. The average molecular weight is 529 g/mol. The van der Waals surface area contributed by atoms with E-state index in [4.69, 9.17) is 16.3 Å². The summed E-state index contributed by atoms with van der Waals surface area (Å²) in [5.74, 6) is 0.552. The number of carbonyl (C=O) groups excluding carboxylic acids is 2. The maximum atomic E-state index is 13.0. The van der Waals surface area contributed by atoms with E-state index < -0.39 is 0 Å². The summed E-state index contributed by atoms with van der Waals surface area (Å²) in [6.07, 6.45) is 0. The summed E-state index contributed by atoms with van der Waals surface area (Å²) in [7, 11) is 0. The second kappa shape index (κ2) is 13.6. The Balaban J connectivity index is 1.61. The first-order valence-corrected chi connectivity index (χ1v) is 12.8. The summed E-state index contributed by atoms with van der Waals surface area (Å²) in [5, 5.41) is 5.94. The van der Waals surface area contributed by atoms with Crippen LogP contribution >= 0.6 is 23.5 Å². The highest BCUT2D eigenvalue weighted by atomic mass is 35.5. The molecule has 10 heteroatoms. The Hall–Kier alpha value is -3.43. The highest BCUT2D eigenvalue weighted by molar-refractivity contribution is 7.99. The molecule has 3 aromatic rings. The molecule has 190 valence electrons. The average Bonchev–Trinajstić information content (AvgIpc) is 2.87. The van der Waals surface area contributed by atoms with Crippen molar-refractivity contribution in [2.45, 2.75) is 32.7 Å². The van der Waals surface area contributed by atoms with Crippen LogP contribution in [-0.2, 0) is 28.4 Å². The van der Waals surface area contributed by atoms with Crippen LogP contribution in [0.25, 0.3) is 0 Å². The molecule has 0 unspecified atom stereocenters. The molecule has 0 saturated heterocycles. The molecule has 0 radical (unpaired) electrons. The van der Waals surface area contributed by atoms with Gasteiger partial charge in [-0.15, -0.1) is 0 Å². The van der Waals surface area contributed by atoms with Crippen molar-refractivity contribution >= 4 is 41.1 Å². The molecule has 36 heavy (non-hydrogen) atoms. The zero-order valence-electron chi connectivity index (χ0n) is 20.2. The van der Waals surface area contributed by atoms with Crippen molar-refractivity contribution in [3.63, 3.8) is 0 Å². The summed E-state index contributed by atoms with van der Waals surface area (Å²) in [6, 6.07) is 18.4. The highest BCUT2D eigenvalue weighted by Crippen LogP contribution is 2.23. The summed E-state index contributed by atoms with van der Waals surface area (Å²) < 4.78 is 10.1. The van der Waals surface area contributed by atoms with Gasteiger partial charge >= 0.3 is 0 Å². The first-order valence-electron chi connectivity index (χ1n) is 11.4. The normalized spacial score (nSPS) is 10.5. The van der Waals surface area contributed by atoms with Crippen LogP contribution in [0.4, 0.5) is 5.69 Å². The van der Waals surface area contributed by atoms with Crippen molar-refractivity contribution in [3.05, 3.63) is 92.9 Å². The molecule has 8 nitrogen and oxygen atoms in total. The van der Waals surface area contributed by atoms with Gasteiger partial charge in [-0.3, -0.25) is 14.4 Å². The van der Waals surface area contributed by atoms with Crippen LogP contribution in [-0.4, -0.2) is 29.5 Å². The third-order valence-electron chi connectivity index (χ3n) is 5.19. The van der Waals surface area contributed by atoms with Gasteiger partial charge in [0.2, 0.25) is 5.91 Å². The summed E-state index contributed by atoms with van der Waals surface area (Å²) in [4.78, 5) is 37.4. The molecule has 0 atom stereocenters. The topological polar surface area (TPSA) is 101 Å². The van der Waals surface area contributed by atoms with Gasteiger partial charge in [0, 0.05) is 35.1 Å². The van der Waals surface area contributed by atoms with Crippen LogP contribution in [0.3, 0.4) is 0 Å². The van der Waals surface area contributed by atoms with Crippen molar-refractivity contribution in [2.24, 2.45) is 0 Å². The fraction of sp³-hybridized carbons (Fsp3) is 0.269. The van der Waals surface area contributed by atoms with Gasteiger partial charge in [0.1, 0.15) is 18.0 Å². The molecule has 3 N–H and O–H groups in total. The van der Waals surface area contributed by atoms with Gasteiger partial charge in [-0.05, 0) is 61.7 Å². The van der Waals surface area contributed by atoms with E-state index in [0.29, 0.717) is 40.0 Å². The van der Waals surface area contributed by atoms with E-state index in [1.54, 1.807) is 37.3 Å². The number of amides is 2. The number of halogens is 1. The van der Waals surface area contributed by atoms with E-state index in [1.807, 2.05) is 37.3 Å². The van der Waals surface area contributed by atoms with Gasteiger partial charge in [-0.25, -0.2) is 0 Å². The van der Waals surface area contributed by atoms with Gasteiger partial charge in [0.25, 0.3) is 11.5 Å². The van der Waals surface area contributed by atoms with Gasteiger partial charge in [0.05, 0.1) is 0 Å². The molecule has 0 aliphatic rings. The molecule has 2 aromatic carbocycles. The Kier molecular flexibility index (Phi) is 10.3. The molecule has 1 aromatic heterocycles. The van der Waals surface area contributed by atoms with Crippen LogP contribution in [0.15, 0.2) is 65.5 Å². The minimum atomic E-state index is -0.344. The number of pyridine rings is 1. The van der Waals surface area contributed by atoms with E-state index >= 15 is 0 Å². The first kappa shape index (κ1) is 27.2. The van der Waals surface area contributed by atoms with E-state index in [1.165, 1.54) is 16.5 Å². The molecular weight excluding hydrogens is 500 g/mol. The smallest absolute Gasteiger partial charge is 0.275 e. The maximum Gasteiger partial charge on any atom is 0.275 e. The minimum Gasteiger partial charge on any atom is -0.483 e. The zero-order valence-corrected chi connectivity index (χ0v) is 21.7. The lowest BCUT2D eigenvalue weighted by molar-refractivity contribution is -0.123. The SMILES string of the molecule is CCNC(=O)COc1ccc(Cl)cc1CNC(=O)Cn1c(C)ccc(NSCc2ccccc2)c1=O. The summed E-state index contributed by atoms with van der Waals surface area (Å²) in [6.45, 7) is 3.95. The number of ether oxygens (including phenoxy) is 1. The van der Waals surface area contributed by atoms with Crippen LogP contribution in [0.1, 0.15) is 23.7 Å². The largest absolute Gasteiger partial charge is 0.483 e. The van der Waals surface area contributed by atoms with Crippen LogP contribution in [0, 0.1) is 6.92 Å². The Morgan fingerprint density at radius 3 is 2.56 bits per heavy atom. The molecule has 0 fully saturated rings. The van der Waals surface area contributed by atoms with Crippen molar-refractivity contribution in [3.8, 4) is 5.75 Å². The Morgan fingerprint density at radius 1 is 1.03 bits per heavy atom. The molecule has 0 saturated carbocycles. The second-order valence-corrected chi connectivity index (χ2v) is 9.14. The van der Waals surface area contributed by atoms with Gasteiger partial charge in [0.15, 0.2) is 6.61 Å². The number of rotatable bonds is 12.